The first-order chi connectivity index (χ1) is 8.37. The summed E-state index contributed by atoms with van der Waals surface area (Å²) in [7, 11) is 0. The molecular weight excluding hydrogens is 230 g/mol. The van der Waals surface area contributed by atoms with E-state index in [-0.39, 0.29) is 11.5 Å². The van der Waals surface area contributed by atoms with Gasteiger partial charge in [0.25, 0.3) is 0 Å². The minimum absolute atomic E-state index is 0.0211. The molecule has 4 heteroatoms. The molecule has 2 aliphatic rings. The molecule has 3 unspecified atom stereocenters. The third kappa shape index (κ3) is 3.23. The number of nitrogens with zero attached hydrogens (tertiary/aromatic N) is 1. The fraction of sp³-hybridized carbons (Fsp3) is 0.929. The van der Waals surface area contributed by atoms with E-state index in [1.165, 1.54) is 0 Å². The number of ether oxygens (including phenoxy) is 1. The molecule has 0 radical (unpaired) electrons. The van der Waals surface area contributed by atoms with Gasteiger partial charge in [-0.05, 0) is 53.0 Å². The smallest absolute Gasteiger partial charge is 0.306 e. The Morgan fingerprint density at radius 1 is 1.44 bits per heavy atom. The minimum atomic E-state index is -0.639. The van der Waals surface area contributed by atoms with Crippen LogP contribution in [-0.2, 0) is 9.53 Å². The van der Waals surface area contributed by atoms with Gasteiger partial charge < -0.3 is 9.84 Å². The molecule has 0 aromatic carbocycles. The van der Waals surface area contributed by atoms with Crippen molar-refractivity contribution in [1.29, 1.82) is 0 Å². The summed E-state index contributed by atoms with van der Waals surface area (Å²) >= 11 is 0. The third-order valence-electron chi connectivity index (χ3n) is 4.36. The maximum absolute atomic E-state index is 11.0. The average Bonchev–Trinajstić information content (AvgIpc) is 2.61. The predicted octanol–water partition coefficient (Wildman–Crippen LogP) is 2.13. The van der Waals surface area contributed by atoms with Gasteiger partial charge in [-0.25, -0.2) is 0 Å². The lowest BCUT2D eigenvalue weighted by molar-refractivity contribution is -0.144. The molecule has 0 saturated carbocycles. The highest BCUT2D eigenvalue weighted by Crippen LogP contribution is 2.31. The van der Waals surface area contributed by atoms with Crippen LogP contribution >= 0.6 is 0 Å². The first kappa shape index (κ1) is 13.8. The number of aliphatic carboxylic acids is 1. The van der Waals surface area contributed by atoms with Gasteiger partial charge in [0.15, 0.2) is 0 Å². The van der Waals surface area contributed by atoms with E-state index in [9.17, 15) is 4.79 Å². The summed E-state index contributed by atoms with van der Waals surface area (Å²) in [6.45, 7) is 8.27. The SMILES string of the molecule is CC1CC(C(=O)O)CCN1CC1CCC(C)(C)O1. The standard InChI is InChI=1S/C14H25NO3/c1-10-8-11(13(16)17)5-7-15(10)9-12-4-6-14(2,3)18-12/h10-12H,4-9H2,1-3H3,(H,16,17). The van der Waals surface area contributed by atoms with E-state index in [0.717, 1.165) is 38.8 Å². The van der Waals surface area contributed by atoms with E-state index in [0.29, 0.717) is 12.1 Å². The van der Waals surface area contributed by atoms with Crippen LogP contribution in [-0.4, -0.2) is 46.8 Å². The summed E-state index contributed by atoms with van der Waals surface area (Å²) in [5.74, 6) is -0.795. The van der Waals surface area contributed by atoms with Crippen molar-refractivity contribution in [3.63, 3.8) is 0 Å². The number of carboxylic acid groups (broad SMARTS) is 1. The predicted molar refractivity (Wildman–Crippen MR) is 69.6 cm³/mol. The topological polar surface area (TPSA) is 49.8 Å². The van der Waals surface area contributed by atoms with E-state index in [1.54, 1.807) is 0 Å². The van der Waals surface area contributed by atoms with E-state index in [1.807, 2.05) is 0 Å². The monoisotopic (exact) mass is 255 g/mol. The minimum Gasteiger partial charge on any atom is -0.481 e. The molecular formula is C14H25NO3. The highest BCUT2D eigenvalue weighted by atomic mass is 16.5. The lowest BCUT2D eigenvalue weighted by atomic mass is 9.91. The van der Waals surface area contributed by atoms with Gasteiger partial charge in [-0.15, -0.1) is 0 Å². The van der Waals surface area contributed by atoms with Gasteiger partial charge in [0.05, 0.1) is 17.6 Å². The number of piperidine rings is 1. The largest absolute Gasteiger partial charge is 0.481 e. The molecule has 3 atom stereocenters. The Morgan fingerprint density at radius 3 is 2.67 bits per heavy atom. The Labute approximate surface area is 109 Å². The second-order valence-corrected chi connectivity index (χ2v) is 6.44. The average molecular weight is 255 g/mol. The number of hydrogen-bond acceptors (Lipinski definition) is 3. The highest BCUT2D eigenvalue weighted by molar-refractivity contribution is 5.70. The van der Waals surface area contributed by atoms with Gasteiger partial charge in [0, 0.05) is 12.6 Å². The molecule has 1 N–H and O–H groups in total. The normalized spacial score (nSPS) is 36.7. The molecule has 2 rings (SSSR count). The zero-order valence-corrected chi connectivity index (χ0v) is 11.7. The van der Waals surface area contributed by atoms with Crippen molar-refractivity contribution in [3.05, 3.63) is 0 Å². The Bertz CT molecular complexity index is 316. The van der Waals surface area contributed by atoms with Crippen molar-refractivity contribution >= 4 is 5.97 Å². The molecule has 0 amide bonds. The van der Waals surface area contributed by atoms with Crippen molar-refractivity contribution in [1.82, 2.24) is 4.90 Å². The van der Waals surface area contributed by atoms with Crippen LogP contribution in [0.15, 0.2) is 0 Å². The lowest BCUT2D eigenvalue weighted by Crippen LogP contribution is -2.46. The number of carbonyl (C=O) groups is 1. The van der Waals surface area contributed by atoms with Crippen LogP contribution in [0, 0.1) is 5.92 Å². The second-order valence-electron chi connectivity index (χ2n) is 6.44. The molecule has 0 spiro atoms. The molecule has 104 valence electrons. The van der Waals surface area contributed by atoms with Crippen molar-refractivity contribution < 1.29 is 14.6 Å². The molecule has 2 saturated heterocycles. The zero-order chi connectivity index (χ0) is 13.3. The zero-order valence-electron chi connectivity index (χ0n) is 11.7. The number of carboxylic acids is 1. The molecule has 0 bridgehead atoms. The molecule has 0 aromatic rings. The second kappa shape index (κ2) is 5.17. The van der Waals surface area contributed by atoms with Crippen molar-refractivity contribution in [2.75, 3.05) is 13.1 Å². The fourth-order valence-corrected chi connectivity index (χ4v) is 3.18. The number of hydrogen-bond donors (Lipinski definition) is 1. The Morgan fingerprint density at radius 2 is 2.17 bits per heavy atom. The van der Waals surface area contributed by atoms with Gasteiger partial charge in [0.2, 0.25) is 0 Å². The summed E-state index contributed by atoms with van der Waals surface area (Å²) in [6, 6.07) is 0.354. The van der Waals surface area contributed by atoms with Crippen molar-refractivity contribution in [2.24, 2.45) is 5.92 Å². The van der Waals surface area contributed by atoms with Crippen molar-refractivity contribution in [3.8, 4) is 0 Å². The van der Waals surface area contributed by atoms with Gasteiger partial charge >= 0.3 is 5.97 Å². The summed E-state index contributed by atoms with van der Waals surface area (Å²) in [5.41, 5.74) is 0.0211. The highest BCUT2D eigenvalue weighted by Gasteiger charge is 2.35. The molecule has 2 fully saturated rings. The first-order valence-electron chi connectivity index (χ1n) is 7.02. The van der Waals surface area contributed by atoms with Crippen LogP contribution < -0.4 is 0 Å². The molecule has 0 aromatic heterocycles. The van der Waals surface area contributed by atoms with Crippen LogP contribution in [0.1, 0.15) is 46.5 Å². The Balaban J connectivity index is 1.83. The summed E-state index contributed by atoms with van der Waals surface area (Å²) in [6.07, 6.45) is 4.11. The Kier molecular flexibility index (Phi) is 3.97. The third-order valence-corrected chi connectivity index (χ3v) is 4.36. The first-order valence-corrected chi connectivity index (χ1v) is 7.02. The van der Waals surface area contributed by atoms with E-state index < -0.39 is 5.97 Å². The van der Waals surface area contributed by atoms with E-state index in [4.69, 9.17) is 9.84 Å². The summed E-state index contributed by atoms with van der Waals surface area (Å²) in [5, 5.41) is 9.05. The van der Waals surface area contributed by atoms with E-state index in [2.05, 4.69) is 25.7 Å². The van der Waals surface area contributed by atoms with Crippen LogP contribution in [0.25, 0.3) is 0 Å². The summed E-state index contributed by atoms with van der Waals surface area (Å²) < 4.78 is 6.02. The van der Waals surface area contributed by atoms with Gasteiger partial charge in [-0.3, -0.25) is 9.69 Å². The fourth-order valence-electron chi connectivity index (χ4n) is 3.18. The molecule has 18 heavy (non-hydrogen) atoms. The molecule has 2 heterocycles. The van der Waals surface area contributed by atoms with Crippen LogP contribution in [0.2, 0.25) is 0 Å². The van der Waals surface area contributed by atoms with Crippen LogP contribution in [0.5, 0.6) is 0 Å². The van der Waals surface area contributed by atoms with E-state index >= 15 is 0 Å². The van der Waals surface area contributed by atoms with Gasteiger partial charge in [-0.1, -0.05) is 0 Å². The van der Waals surface area contributed by atoms with Crippen LogP contribution in [0.3, 0.4) is 0 Å². The van der Waals surface area contributed by atoms with Crippen molar-refractivity contribution in [2.45, 2.75) is 64.2 Å². The number of likely N-dealkylation sites (tertiary alicyclic amines) is 1. The van der Waals surface area contributed by atoms with Crippen LogP contribution in [0.4, 0.5) is 0 Å². The lowest BCUT2D eigenvalue weighted by Gasteiger charge is -2.37. The Hall–Kier alpha value is -0.610. The maximum atomic E-state index is 11.0. The van der Waals surface area contributed by atoms with Gasteiger partial charge in [0.1, 0.15) is 0 Å². The maximum Gasteiger partial charge on any atom is 0.306 e. The summed E-state index contributed by atoms with van der Waals surface area (Å²) in [4.78, 5) is 13.4. The molecule has 4 nitrogen and oxygen atoms in total. The molecule has 0 aliphatic carbocycles. The number of rotatable bonds is 3. The molecule has 2 aliphatic heterocycles. The van der Waals surface area contributed by atoms with Gasteiger partial charge in [-0.2, -0.15) is 0 Å². The quantitative estimate of drug-likeness (QED) is 0.839.